The van der Waals surface area contributed by atoms with Crippen LogP contribution in [0.4, 0.5) is 0 Å². The van der Waals surface area contributed by atoms with Gasteiger partial charge in [0.25, 0.3) is 5.56 Å². The Morgan fingerprint density at radius 1 is 1.09 bits per heavy atom. The molecule has 3 atom stereocenters. The molecule has 230 valence electrons. The molecule has 2 heterocycles. The maximum absolute atomic E-state index is 13.6. The van der Waals surface area contributed by atoms with Crippen molar-refractivity contribution in [2.45, 2.75) is 103 Å². The second kappa shape index (κ2) is 13.1. The van der Waals surface area contributed by atoms with Gasteiger partial charge in [-0.25, -0.2) is 0 Å². The van der Waals surface area contributed by atoms with Crippen LogP contribution < -0.4 is 15.0 Å². The Morgan fingerprint density at radius 3 is 2.53 bits per heavy atom. The summed E-state index contributed by atoms with van der Waals surface area (Å²) in [5, 5.41) is 11.7. The first kappa shape index (κ1) is 31.1. The fourth-order valence-electron chi connectivity index (χ4n) is 7.04. The lowest BCUT2D eigenvalue weighted by Gasteiger charge is -2.40. The minimum Gasteiger partial charge on any atom is -0.497 e. The number of aromatic nitrogens is 1. The van der Waals surface area contributed by atoms with Crippen molar-refractivity contribution in [3.8, 4) is 11.5 Å². The second-order valence-electron chi connectivity index (χ2n) is 14.0. The zero-order chi connectivity index (χ0) is 30.6. The highest BCUT2D eigenvalue weighted by atomic mass is 16.5. The van der Waals surface area contributed by atoms with Crippen LogP contribution in [-0.2, 0) is 13.0 Å². The summed E-state index contributed by atoms with van der Waals surface area (Å²) in [4.78, 5) is 26.1. The monoisotopic (exact) mass is 585 g/mol. The van der Waals surface area contributed by atoms with Gasteiger partial charge in [-0.05, 0) is 98.4 Å². The first-order chi connectivity index (χ1) is 20.5. The topological polar surface area (TPSA) is 77.8 Å². The molecular weight excluding hydrogens is 538 g/mol. The number of methoxy groups -OCH3 is 1. The molecule has 2 aliphatic rings. The van der Waals surface area contributed by atoms with Crippen LogP contribution in [0.3, 0.4) is 0 Å². The first-order valence-electron chi connectivity index (χ1n) is 15.9. The van der Waals surface area contributed by atoms with E-state index in [4.69, 9.17) is 9.47 Å². The van der Waals surface area contributed by atoms with Gasteiger partial charge in [-0.3, -0.25) is 9.59 Å². The number of rotatable bonds is 11. The van der Waals surface area contributed by atoms with E-state index in [2.05, 4.69) is 39.0 Å². The molecule has 1 aromatic heterocycles. The molecule has 2 aromatic carbocycles. The Morgan fingerprint density at radius 2 is 1.84 bits per heavy atom. The molecular formula is C37H47NO5. The molecule has 0 bridgehead atoms. The molecule has 1 fully saturated rings. The lowest BCUT2D eigenvalue weighted by Crippen LogP contribution is -2.38. The SMILES string of the molecule is COc1ccc2c(c1)[C@@H](CC[C@@H](O)[C@@H](CC(=O)c1ccc(=O)n(CC(C)(C)C)c1)Cc1ccccc1)CC1(CCCC1)O2. The maximum atomic E-state index is 13.6. The van der Waals surface area contributed by atoms with E-state index in [1.807, 2.05) is 30.3 Å². The third-order valence-electron chi connectivity index (χ3n) is 9.21. The van der Waals surface area contributed by atoms with Crippen LogP contribution in [0, 0.1) is 11.3 Å². The van der Waals surface area contributed by atoms with E-state index in [1.165, 1.54) is 18.9 Å². The Bertz CT molecular complexity index is 1450. The third-order valence-corrected chi connectivity index (χ3v) is 9.21. The van der Waals surface area contributed by atoms with Gasteiger partial charge in [0.15, 0.2) is 5.78 Å². The van der Waals surface area contributed by atoms with Crippen molar-refractivity contribution in [2.24, 2.45) is 11.3 Å². The third kappa shape index (κ3) is 7.77. The summed E-state index contributed by atoms with van der Waals surface area (Å²) >= 11 is 0. The van der Waals surface area contributed by atoms with Gasteiger partial charge < -0.3 is 19.1 Å². The number of ketones is 1. The highest BCUT2D eigenvalue weighted by molar-refractivity contribution is 5.95. The van der Waals surface area contributed by atoms with Crippen molar-refractivity contribution < 1.29 is 19.4 Å². The Kier molecular flexibility index (Phi) is 9.45. The molecule has 0 radical (unpaired) electrons. The van der Waals surface area contributed by atoms with Crippen molar-refractivity contribution in [1.29, 1.82) is 0 Å². The number of hydrogen-bond donors (Lipinski definition) is 1. The van der Waals surface area contributed by atoms with Crippen LogP contribution in [0.2, 0.25) is 0 Å². The molecule has 0 unspecified atom stereocenters. The summed E-state index contributed by atoms with van der Waals surface area (Å²) in [7, 11) is 1.68. The number of benzene rings is 2. The van der Waals surface area contributed by atoms with Crippen LogP contribution in [0.15, 0.2) is 71.7 Å². The molecule has 0 amide bonds. The van der Waals surface area contributed by atoms with Gasteiger partial charge in [-0.15, -0.1) is 0 Å². The average molecular weight is 586 g/mol. The van der Waals surface area contributed by atoms with Gasteiger partial charge in [-0.1, -0.05) is 51.1 Å². The fourth-order valence-corrected chi connectivity index (χ4v) is 7.04. The summed E-state index contributed by atoms with van der Waals surface area (Å²) in [6.45, 7) is 6.74. The van der Waals surface area contributed by atoms with Gasteiger partial charge >= 0.3 is 0 Å². The summed E-state index contributed by atoms with van der Waals surface area (Å²) in [5.74, 6) is 1.71. The Balaban J connectivity index is 1.35. The summed E-state index contributed by atoms with van der Waals surface area (Å²) < 4.78 is 13.8. The molecule has 1 aliphatic carbocycles. The molecule has 1 spiro atoms. The maximum Gasteiger partial charge on any atom is 0.250 e. The zero-order valence-electron chi connectivity index (χ0n) is 26.2. The van der Waals surface area contributed by atoms with Gasteiger partial charge in [0.05, 0.1) is 13.2 Å². The molecule has 1 saturated carbocycles. The predicted molar refractivity (Wildman–Crippen MR) is 170 cm³/mol. The summed E-state index contributed by atoms with van der Waals surface area (Å²) in [5.41, 5.74) is 2.45. The quantitative estimate of drug-likeness (QED) is 0.238. The zero-order valence-corrected chi connectivity index (χ0v) is 26.2. The van der Waals surface area contributed by atoms with Crippen molar-refractivity contribution in [1.82, 2.24) is 4.57 Å². The molecule has 43 heavy (non-hydrogen) atoms. The van der Waals surface area contributed by atoms with Crippen LogP contribution in [0.1, 0.15) is 99.5 Å². The molecule has 6 nitrogen and oxygen atoms in total. The van der Waals surface area contributed by atoms with E-state index in [9.17, 15) is 14.7 Å². The number of ether oxygens (including phenoxy) is 2. The van der Waals surface area contributed by atoms with Crippen LogP contribution in [0.5, 0.6) is 11.5 Å². The van der Waals surface area contributed by atoms with E-state index in [0.29, 0.717) is 24.9 Å². The number of aliphatic hydroxyl groups excluding tert-OH is 1. The second-order valence-corrected chi connectivity index (χ2v) is 14.0. The van der Waals surface area contributed by atoms with E-state index >= 15 is 0 Å². The molecule has 1 N–H and O–H groups in total. The van der Waals surface area contributed by atoms with Gasteiger partial charge in [-0.2, -0.15) is 0 Å². The van der Waals surface area contributed by atoms with E-state index in [0.717, 1.165) is 48.3 Å². The standard InChI is InChI=1S/C37H47NO5/c1-36(2,3)25-38-24-28(13-17-35(38)41)33(40)21-29(20-26-10-6-5-7-11-26)32(39)15-12-27-23-37(18-8-9-19-37)43-34-16-14-30(42-4)22-31(27)34/h5-7,10-11,13-14,16-17,22,24,27,29,32,39H,8-9,12,15,18-21,23,25H2,1-4H3/t27-,29+,32+/m0/s1. The smallest absolute Gasteiger partial charge is 0.250 e. The number of nitrogens with zero attached hydrogens (tertiary/aromatic N) is 1. The number of hydrogen-bond acceptors (Lipinski definition) is 5. The van der Waals surface area contributed by atoms with Crippen molar-refractivity contribution in [2.75, 3.05) is 7.11 Å². The number of aliphatic hydroxyl groups is 1. The summed E-state index contributed by atoms with van der Waals surface area (Å²) in [6, 6.07) is 19.3. The highest BCUT2D eigenvalue weighted by Gasteiger charge is 2.43. The van der Waals surface area contributed by atoms with Gasteiger partial charge in [0.1, 0.15) is 17.1 Å². The average Bonchev–Trinajstić information content (AvgIpc) is 3.43. The lowest BCUT2D eigenvalue weighted by molar-refractivity contribution is 0.0343. The molecule has 3 aromatic rings. The van der Waals surface area contributed by atoms with Crippen LogP contribution >= 0.6 is 0 Å². The Hall–Kier alpha value is -3.38. The van der Waals surface area contributed by atoms with E-state index in [1.54, 1.807) is 23.9 Å². The van der Waals surface area contributed by atoms with Gasteiger partial charge in [0.2, 0.25) is 0 Å². The van der Waals surface area contributed by atoms with Gasteiger partial charge in [0, 0.05) is 36.4 Å². The van der Waals surface area contributed by atoms with E-state index < -0.39 is 6.10 Å². The number of carbonyl (C=O) groups is 1. The van der Waals surface area contributed by atoms with Crippen molar-refractivity contribution in [3.63, 3.8) is 0 Å². The number of pyridine rings is 1. The Labute approximate surface area is 256 Å². The molecule has 0 saturated heterocycles. The minimum atomic E-state index is -0.652. The van der Waals surface area contributed by atoms with E-state index in [-0.39, 0.29) is 40.6 Å². The first-order valence-corrected chi connectivity index (χ1v) is 15.9. The number of Topliss-reactive ketones (excluding diaryl/α,β-unsaturated/α-hetero) is 1. The lowest BCUT2D eigenvalue weighted by atomic mass is 9.77. The predicted octanol–water partition coefficient (Wildman–Crippen LogP) is 7.35. The number of carbonyl (C=O) groups excluding carboxylic acids is 1. The largest absolute Gasteiger partial charge is 0.497 e. The minimum absolute atomic E-state index is 0.0475. The number of fused-ring (bicyclic) bond motifs is 1. The van der Waals surface area contributed by atoms with Crippen LogP contribution in [-0.4, -0.2) is 34.3 Å². The van der Waals surface area contributed by atoms with Crippen molar-refractivity contribution >= 4 is 5.78 Å². The molecule has 1 aliphatic heterocycles. The molecule has 5 rings (SSSR count). The molecule has 6 heteroatoms. The highest BCUT2D eigenvalue weighted by Crippen LogP contribution is 2.50. The normalized spacial score (nSPS) is 19.0. The van der Waals surface area contributed by atoms with Crippen molar-refractivity contribution in [3.05, 3.63) is 93.9 Å². The fraction of sp³-hybridized carbons (Fsp3) is 0.514. The summed E-state index contributed by atoms with van der Waals surface area (Å²) in [6.07, 6.45) is 8.71. The van der Waals surface area contributed by atoms with Crippen LogP contribution in [0.25, 0.3) is 0 Å².